The van der Waals surface area contributed by atoms with Crippen LogP contribution < -0.4 is 0 Å². The van der Waals surface area contributed by atoms with E-state index in [1.807, 2.05) is 22.9 Å². The van der Waals surface area contributed by atoms with Crippen LogP contribution in [0.2, 0.25) is 0 Å². The van der Waals surface area contributed by atoms with Gasteiger partial charge in [0.1, 0.15) is 5.65 Å². The number of pyridine rings is 1. The first kappa shape index (κ1) is 8.72. The first-order valence-corrected chi connectivity index (χ1v) is 4.70. The second-order valence-corrected chi connectivity index (χ2v) is 3.69. The number of halogens is 1. The van der Waals surface area contributed by atoms with Crippen LogP contribution in [0.1, 0.15) is 5.56 Å². The quantitative estimate of drug-likeness (QED) is 0.806. The number of nitrogens with zero attached hydrogens (tertiary/aromatic N) is 2. The number of hydrogen-bond acceptors (Lipinski definition) is 2. The highest BCUT2D eigenvalue weighted by Crippen LogP contribution is 2.17. The number of methoxy groups -OCH3 is 1. The number of aromatic nitrogens is 2. The van der Waals surface area contributed by atoms with Gasteiger partial charge in [-0.15, -0.1) is 0 Å². The van der Waals surface area contributed by atoms with Crippen molar-refractivity contribution in [1.29, 1.82) is 0 Å². The number of rotatable bonds is 2. The second kappa shape index (κ2) is 3.47. The third-order valence-electron chi connectivity index (χ3n) is 1.83. The zero-order chi connectivity index (χ0) is 9.26. The molecule has 0 aliphatic rings. The molecular formula is C9H9BrN2O. The molecule has 3 nitrogen and oxygen atoms in total. The van der Waals surface area contributed by atoms with E-state index in [9.17, 15) is 0 Å². The molecule has 2 rings (SSSR count). The summed E-state index contributed by atoms with van der Waals surface area (Å²) in [6.45, 7) is 0.583. The lowest BCUT2D eigenvalue weighted by molar-refractivity contribution is 0.185. The van der Waals surface area contributed by atoms with E-state index in [0.29, 0.717) is 6.61 Å². The Kier molecular flexibility index (Phi) is 2.33. The Labute approximate surface area is 84.5 Å². The van der Waals surface area contributed by atoms with Gasteiger partial charge >= 0.3 is 0 Å². The Morgan fingerprint density at radius 1 is 1.62 bits per heavy atom. The van der Waals surface area contributed by atoms with E-state index in [4.69, 9.17) is 4.74 Å². The fourth-order valence-electron chi connectivity index (χ4n) is 1.33. The zero-order valence-corrected chi connectivity index (χ0v) is 8.78. The molecule has 2 heterocycles. The molecule has 2 aromatic rings. The summed E-state index contributed by atoms with van der Waals surface area (Å²) in [6.07, 6.45) is 5.67. The monoisotopic (exact) mass is 240 g/mol. The number of hydrogen-bond donors (Lipinski definition) is 0. The van der Waals surface area contributed by atoms with Crippen LogP contribution in [0.4, 0.5) is 0 Å². The molecule has 0 radical (unpaired) electrons. The summed E-state index contributed by atoms with van der Waals surface area (Å²) < 4.78 is 8.09. The first-order valence-electron chi connectivity index (χ1n) is 3.91. The van der Waals surface area contributed by atoms with Crippen LogP contribution in [0.15, 0.2) is 29.1 Å². The predicted molar refractivity (Wildman–Crippen MR) is 53.6 cm³/mol. The van der Waals surface area contributed by atoms with Crippen molar-refractivity contribution in [3.05, 3.63) is 34.7 Å². The molecule has 0 aromatic carbocycles. The Balaban J connectivity index is 2.63. The summed E-state index contributed by atoms with van der Waals surface area (Å²) in [7, 11) is 1.68. The number of imidazole rings is 1. The van der Waals surface area contributed by atoms with Crippen LogP contribution in [0.3, 0.4) is 0 Å². The minimum Gasteiger partial charge on any atom is -0.380 e. The fourth-order valence-corrected chi connectivity index (χ4v) is 1.83. The molecule has 0 saturated carbocycles. The van der Waals surface area contributed by atoms with Crippen molar-refractivity contribution in [3.63, 3.8) is 0 Å². The topological polar surface area (TPSA) is 26.5 Å². The Morgan fingerprint density at radius 3 is 3.23 bits per heavy atom. The van der Waals surface area contributed by atoms with Crippen molar-refractivity contribution in [1.82, 2.24) is 9.38 Å². The Morgan fingerprint density at radius 2 is 2.46 bits per heavy atom. The molecule has 2 aromatic heterocycles. The molecule has 13 heavy (non-hydrogen) atoms. The molecule has 0 aliphatic heterocycles. The molecule has 0 saturated heterocycles. The van der Waals surface area contributed by atoms with Gasteiger partial charge in [0, 0.05) is 35.7 Å². The standard InChI is InChI=1S/C9H9BrN2O/c1-13-6-7-4-8(10)5-12-3-2-11-9(7)12/h2-5H,6H2,1H3. The average Bonchev–Trinajstić information content (AvgIpc) is 2.52. The van der Waals surface area contributed by atoms with E-state index in [1.165, 1.54) is 0 Å². The zero-order valence-electron chi connectivity index (χ0n) is 7.20. The van der Waals surface area contributed by atoms with Crippen molar-refractivity contribution in [2.45, 2.75) is 6.61 Å². The normalized spacial score (nSPS) is 10.9. The molecule has 0 fully saturated rings. The lowest BCUT2D eigenvalue weighted by Crippen LogP contribution is -1.94. The number of fused-ring (bicyclic) bond motifs is 1. The smallest absolute Gasteiger partial charge is 0.142 e. The van der Waals surface area contributed by atoms with Crippen molar-refractivity contribution in [3.8, 4) is 0 Å². The van der Waals surface area contributed by atoms with Crippen LogP contribution in [-0.4, -0.2) is 16.5 Å². The van der Waals surface area contributed by atoms with Crippen LogP contribution >= 0.6 is 15.9 Å². The largest absolute Gasteiger partial charge is 0.380 e. The summed E-state index contributed by atoms with van der Waals surface area (Å²) in [4.78, 5) is 4.24. The fraction of sp³-hybridized carbons (Fsp3) is 0.222. The van der Waals surface area contributed by atoms with Gasteiger partial charge in [0.2, 0.25) is 0 Å². The van der Waals surface area contributed by atoms with Crippen LogP contribution in [0, 0.1) is 0 Å². The van der Waals surface area contributed by atoms with Crippen LogP contribution in [-0.2, 0) is 11.3 Å². The molecule has 0 atom stereocenters. The van der Waals surface area contributed by atoms with Crippen molar-refractivity contribution < 1.29 is 4.74 Å². The van der Waals surface area contributed by atoms with Gasteiger partial charge in [0.15, 0.2) is 0 Å². The van der Waals surface area contributed by atoms with Gasteiger partial charge in [-0.2, -0.15) is 0 Å². The lowest BCUT2D eigenvalue weighted by atomic mass is 10.3. The van der Waals surface area contributed by atoms with E-state index < -0.39 is 0 Å². The highest BCUT2D eigenvalue weighted by atomic mass is 79.9. The van der Waals surface area contributed by atoms with E-state index >= 15 is 0 Å². The molecule has 0 aliphatic carbocycles. The van der Waals surface area contributed by atoms with Gasteiger partial charge in [0.25, 0.3) is 0 Å². The lowest BCUT2D eigenvalue weighted by Gasteiger charge is -2.03. The predicted octanol–water partition coefficient (Wildman–Crippen LogP) is 2.24. The van der Waals surface area contributed by atoms with E-state index in [2.05, 4.69) is 20.9 Å². The molecule has 0 bridgehead atoms. The van der Waals surface area contributed by atoms with E-state index in [1.54, 1.807) is 13.3 Å². The maximum Gasteiger partial charge on any atom is 0.142 e. The highest BCUT2D eigenvalue weighted by Gasteiger charge is 2.03. The molecule has 0 N–H and O–H groups in total. The first-order chi connectivity index (χ1) is 6.31. The maximum atomic E-state index is 5.09. The summed E-state index contributed by atoms with van der Waals surface area (Å²) in [5.41, 5.74) is 2.03. The second-order valence-electron chi connectivity index (χ2n) is 2.77. The van der Waals surface area contributed by atoms with Crippen LogP contribution in [0.5, 0.6) is 0 Å². The van der Waals surface area contributed by atoms with E-state index in [-0.39, 0.29) is 0 Å². The molecule has 0 spiro atoms. The Bertz CT molecular complexity index is 424. The summed E-state index contributed by atoms with van der Waals surface area (Å²) in [5, 5.41) is 0. The molecule has 4 heteroatoms. The van der Waals surface area contributed by atoms with Gasteiger partial charge in [-0.25, -0.2) is 4.98 Å². The average molecular weight is 241 g/mol. The van der Waals surface area contributed by atoms with Gasteiger partial charge in [-0.1, -0.05) is 0 Å². The van der Waals surface area contributed by atoms with Crippen LogP contribution in [0.25, 0.3) is 5.65 Å². The molecule has 0 unspecified atom stereocenters. The summed E-state index contributed by atoms with van der Waals surface area (Å²) in [6, 6.07) is 2.02. The summed E-state index contributed by atoms with van der Waals surface area (Å²) >= 11 is 3.43. The SMILES string of the molecule is COCc1cc(Br)cn2ccnc12. The molecule has 0 amide bonds. The minimum atomic E-state index is 0.583. The van der Waals surface area contributed by atoms with Gasteiger partial charge in [-0.05, 0) is 22.0 Å². The van der Waals surface area contributed by atoms with E-state index in [0.717, 1.165) is 15.7 Å². The maximum absolute atomic E-state index is 5.09. The number of ether oxygens (including phenoxy) is 1. The van der Waals surface area contributed by atoms with Crippen molar-refractivity contribution in [2.75, 3.05) is 7.11 Å². The highest BCUT2D eigenvalue weighted by molar-refractivity contribution is 9.10. The van der Waals surface area contributed by atoms with Crippen molar-refractivity contribution >= 4 is 21.6 Å². The third-order valence-corrected chi connectivity index (χ3v) is 2.26. The van der Waals surface area contributed by atoms with Crippen molar-refractivity contribution in [2.24, 2.45) is 0 Å². The third kappa shape index (κ3) is 1.59. The van der Waals surface area contributed by atoms with Gasteiger partial charge < -0.3 is 9.14 Å². The minimum absolute atomic E-state index is 0.583. The Hall–Kier alpha value is -0.870. The van der Waals surface area contributed by atoms with Gasteiger partial charge in [0.05, 0.1) is 6.61 Å². The van der Waals surface area contributed by atoms with Gasteiger partial charge in [-0.3, -0.25) is 0 Å². The molecule has 68 valence electrons. The molecular weight excluding hydrogens is 232 g/mol. The summed E-state index contributed by atoms with van der Waals surface area (Å²) in [5.74, 6) is 0.